The molecule has 5 rings (SSSR count). The van der Waals surface area contributed by atoms with E-state index in [9.17, 15) is 4.39 Å². The average molecular weight is 473 g/mol. The molecular weight excluding hydrogens is 451 g/mol. The number of thioether (sulfide) groups is 1. The molecule has 0 spiro atoms. The Morgan fingerprint density at radius 2 is 2.03 bits per heavy atom. The van der Waals surface area contributed by atoms with E-state index in [4.69, 9.17) is 9.26 Å². The van der Waals surface area contributed by atoms with Crippen molar-refractivity contribution in [2.24, 2.45) is 0 Å². The maximum absolute atomic E-state index is 13.9. The molecule has 32 heavy (non-hydrogen) atoms. The van der Waals surface area contributed by atoms with Gasteiger partial charge in [-0.1, -0.05) is 29.1 Å². The number of hydrogen-bond donors (Lipinski definition) is 0. The summed E-state index contributed by atoms with van der Waals surface area (Å²) in [6.07, 6.45) is 1.51. The first-order chi connectivity index (χ1) is 15.8. The summed E-state index contributed by atoms with van der Waals surface area (Å²) >= 11 is 3.16. The van der Waals surface area contributed by atoms with E-state index in [0.717, 1.165) is 35.3 Å². The fourth-order valence-electron chi connectivity index (χ4n) is 3.41. The van der Waals surface area contributed by atoms with Crippen molar-refractivity contribution in [1.29, 1.82) is 0 Å². The molecule has 0 saturated carbocycles. The minimum atomic E-state index is -0.294. The number of rotatable bonds is 8. The number of thiophene rings is 1. The highest BCUT2D eigenvalue weighted by atomic mass is 32.2. The van der Waals surface area contributed by atoms with Crippen molar-refractivity contribution >= 4 is 29.0 Å². The summed E-state index contributed by atoms with van der Waals surface area (Å²) in [6, 6.07) is 10.4. The molecule has 0 bridgehead atoms. The van der Waals surface area contributed by atoms with Crippen molar-refractivity contribution in [2.75, 3.05) is 37.0 Å². The van der Waals surface area contributed by atoms with Crippen LogP contribution in [0.25, 0.3) is 16.4 Å². The van der Waals surface area contributed by atoms with Gasteiger partial charge in [-0.05, 0) is 36.1 Å². The van der Waals surface area contributed by atoms with Crippen LogP contribution in [-0.2, 0) is 11.2 Å². The smallest absolute Gasteiger partial charge is 0.232 e. The lowest BCUT2D eigenvalue weighted by atomic mass is 10.3. The molecular formula is C21H21FN6O2S2. The Morgan fingerprint density at radius 1 is 1.12 bits per heavy atom. The van der Waals surface area contributed by atoms with E-state index in [1.54, 1.807) is 29.2 Å². The molecule has 0 radical (unpaired) electrons. The van der Waals surface area contributed by atoms with Gasteiger partial charge < -0.3 is 14.2 Å². The van der Waals surface area contributed by atoms with Crippen LogP contribution in [0.3, 0.4) is 0 Å². The van der Waals surface area contributed by atoms with E-state index < -0.39 is 0 Å². The van der Waals surface area contributed by atoms with Gasteiger partial charge in [0.05, 0.1) is 23.8 Å². The van der Waals surface area contributed by atoms with Crippen LogP contribution in [0.5, 0.6) is 0 Å². The largest absolute Gasteiger partial charge is 0.378 e. The minimum absolute atomic E-state index is 0.294. The topological polar surface area (TPSA) is 82.1 Å². The normalized spacial score (nSPS) is 14.2. The van der Waals surface area contributed by atoms with Gasteiger partial charge >= 0.3 is 0 Å². The zero-order valence-corrected chi connectivity index (χ0v) is 18.8. The van der Waals surface area contributed by atoms with Gasteiger partial charge in [-0.3, -0.25) is 4.57 Å². The second-order valence-electron chi connectivity index (χ2n) is 7.14. The molecule has 0 unspecified atom stereocenters. The number of hydrogen-bond acceptors (Lipinski definition) is 9. The average Bonchev–Trinajstić information content (AvgIpc) is 3.58. The third kappa shape index (κ3) is 4.69. The van der Waals surface area contributed by atoms with Crippen LogP contribution in [0.15, 0.2) is 51.5 Å². The molecule has 4 aromatic rings. The predicted octanol–water partition coefficient (Wildman–Crippen LogP) is 4.08. The van der Waals surface area contributed by atoms with Gasteiger partial charge in [0, 0.05) is 25.3 Å². The number of ether oxygens (including phenoxy) is 1. The zero-order valence-electron chi connectivity index (χ0n) is 17.2. The molecule has 1 aliphatic rings. The summed E-state index contributed by atoms with van der Waals surface area (Å²) < 4.78 is 26.7. The van der Waals surface area contributed by atoms with Crippen LogP contribution < -0.4 is 4.90 Å². The molecule has 1 aromatic carbocycles. The second kappa shape index (κ2) is 9.80. The second-order valence-corrected chi connectivity index (χ2v) is 9.15. The molecule has 4 heterocycles. The number of anilines is 1. The number of benzene rings is 1. The van der Waals surface area contributed by atoms with E-state index in [2.05, 4.69) is 25.2 Å². The van der Waals surface area contributed by atoms with Crippen LogP contribution >= 0.6 is 23.1 Å². The van der Waals surface area contributed by atoms with E-state index in [0.29, 0.717) is 43.0 Å². The summed E-state index contributed by atoms with van der Waals surface area (Å²) in [5, 5.41) is 15.6. The SMILES string of the molecule is Fc1cccc(-n2c(SCCCc3nc(-c4cccs4)no3)nnc2N2CCOCC2)c1. The summed E-state index contributed by atoms with van der Waals surface area (Å²) in [6.45, 7) is 2.72. The molecule has 1 saturated heterocycles. The highest BCUT2D eigenvalue weighted by Crippen LogP contribution is 2.28. The molecule has 0 atom stereocenters. The van der Waals surface area contributed by atoms with E-state index in [-0.39, 0.29) is 5.82 Å². The van der Waals surface area contributed by atoms with Gasteiger partial charge in [0.15, 0.2) is 5.16 Å². The van der Waals surface area contributed by atoms with Crippen LogP contribution in [-0.4, -0.2) is 57.0 Å². The van der Waals surface area contributed by atoms with E-state index in [1.807, 2.05) is 28.1 Å². The molecule has 0 N–H and O–H groups in total. The highest BCUT2D eigenvalue weighted by molar-refractivity contribution is 7.99. The van der Waals surface area contributed by atoms with Crippen LogP contribution in [0.2, 0.25) is 0 Å². The summed E-state index contributed by atoms with van der Waals surface area (Å²) in [5.74, 6) is 2.45. The Kier molecular flexibility index (Phi) is 6.46. The first-order valence-corrected chi connectivity index (χ1v) is 12.2. The summed E-state index contributed by atoms with van der Waals surface area (Å²) in [7, 11) is 0. The Labute approximate surface area is 192 Å². The lowest BCUT2D eigenvalue weighted by molar-refractivity contribution is 0.122. The molecule has 0 aliphatic carbocycles. The molecule has 11 heteroatoms. The first-order valence-electron chi connectivity index (χ1n) is 10.3. The quantitative estimate of drug-likeness (QED) is 0.280. The number of aryl methyl sites for hydroxylation is 1. The fourth-order valence-corrected chi connectivity index (χ4v) is 4.95. The number of aromatic nitrogens is 5. The van der Waals surface area contributed by atoms with Gasteiger partial charge in [0.1, 0.15) is 5.82 Å². The lowest BCUT2D eigenvalue weighted by Crippen LogP contribution is -2.37. The number of morpholine rings is 1. The van der Waals surface area contributed by atoms with Crippen molar-refractivity contribution < 1.29 is 13.7 Å². The first kappa shape index (κ1) is 21.1. The Morgan fingerprint density at radius 3 is 2.84 bits per heavy atom. The van der Waals surface area contributed by atoms with E-state index >= 15 is 0 Å². The lowest BCUT2D eigenvalue weighted by Gasteiger charge is -2.27. The molecule has 166 valence electrons. The molecule has 3 aromatic heterocycles. The molecule has 1 fully saturated rings. The van der Waals surface area contributed by atoms with Gasteiger partial charge in [-0.2, -0.15) is 4.98 Å². The zero-order chi connectivity index (χ0) is 21.8. The summed E-state index contributed by atoms with van der Waals surface area (Å²) in [5.41, 5.74) is 0.705. The monoisotopic (exact) mass is 472 g/mol. The third-order valence-electron chi connectivity index (χ3n) is 4.95. The van der Waals surface area contributed by atoms with Crippen molar-refractivity contribution in [3.05, 3.63) is 53.5 Å². The molecule has 8 nitrogen and oxygen atoms in total. The fraction of sp³-hybridized carbons (Fsp3) is 0.333. The Bertz CT molecular complexity index is 1160. The third-order valence-corrected chi connectivity index (χ3v) is 6.83. The minimum Gasteiger partial charge on any atom is -0.378 e. The highest BCUT2D eigenvalue weighted by Gasteiger charge is 2.22. The van der Waals surface area contributed by atoms with Crippen LogP contribution in [0.1, 0.15) is 12.3 Å². The van der Waals surface area contributed by atoms with Crippen molar-refractivity contribution in [3.63, 3.8) is 0 Å². The molecule has 0 amide bonds. The standard InChI is InChI=1S/C21H21FN6O2S2/c22-15-4-1-5-16(14-15)28-20(27-8-10-29-11-9-27)24-25-21(28)32-13-3-7-18-23-19(26-30-18)17-6-2-12-31-17/h1-2,4-6,12,14H,3,7-11,13H2. The summed E-state index contributed by atoms with van der Waals surface area (Å²) in [4.78, 5) is 7.58. The van der Waals surface area contributed by atoms with Crippen molar-refractivity contribution in [3.8, 4) is 16.4 Å². The van der Waals surface area contributed by atoms with E-state index in [1.165, 1.54) is 12.1 Å². The molecule has 1 aliphatic heterocycles. The predicted molar refractivity (Wildman–Crippen MR) is 121 cm³/mol. The van der Waals surface area contributed by atoms with Gasteiger partial charge in [-0.25, -0.2) is 4.39 Å². The maximum atomic E-state index is 13.9. The van der Waals surface area contributed by atoms with Crippen molar-refractivity contribution in [1.82, 2.24) is 24.9 Å². The van der Waals surface area contributed by atoms with Gasteiger partial charge in [0.2, 0.25) is 17.7 Å². The van der Waals surface area contributed by atoms with Crippen molar-refractivity contribution in [2.45, 2.75) is 18.0 Å². The number of halogens is 1. The van der Waals surface area contributed by atoms with Crippen LogP contribution in [0, 0.1) is 5.82 Å². The van der Waals surface area contributed by atoms with Gasteiger partial charge in [0.25, 0.3) is 0 Å². The van der Waals surface area contributed by atoms with Gasteiger partial charge in [-0.15, -0.1) is 21.5 Å². The number of nitrogens with zero attached hydrogens (tertiary/aromatic N) is 6. The maximum Gasteiger partial charge on any atom is 0.232 e. The van der Waals surface area contributed by atoms with Crippen LogP contribution in [0.4, 0.5) is 10.3 Å². The Hall–Kier alpha value is -2.76. The Balaban J connectivity index is 1.27.